The number of aliphatic hydroxyl groups is 1. The SMILES string of the molecule is OCC1N(O)c2ncccc2N1c1ccc(F)c(C(F)(F)F)c1. The number of nitrogens with zero attached hydrogens (tertiary/aromatic N) is 3. The zero-order chi connectivity index (χ0) is 16.8. The second kappa shape index (κ2) is 5.36. The van der Waals surface area contributed by atoms with Crippen molar-refractivity contribution < 1.29 is 27.9 Å². The first kappa shape index (κ1) is 15.5. The van der Waals surface area contributed by atoms with Gasteiger partial charge in [0.2, 0.25) is 0 Å². The highest BCUT2D eigenvalue weighted by Crippen LogP contribution is 2.43. The van der Waals surface area contributed by atoms with Gasteiger partial charge in [0, 0.05) is 11.9 Å². The predicted octanol–water partition coefficient (Wildman–Crippen LogP) is 2.91. The Bertz CT molecular complexity index is 738. The number of halogens is 4. The lowest BCUT2D eigenvalue weighted by Crippen LogP contribution is -2.42. The van der Waals surface area contributed by atoms with Crippen LogP contribution in [0.1, 0.15) is 5.56 Å². The fourth-order valence-electron chi connectivity index (χ4n) is 2.51. The predicted molar refractivity (Wildman–Crippen MR) is 72.9 cm³/mol. The second-order valence-electron chi connectivity index (χ2n) is 4.89. The van der Waals surface area contributed by atoms with Crippen molar-refractivity contribution in [1.82, 2.24) is 4.98 Å². The molecule has 23 heavy (non-hydrogen) atoms. The number of benzene rings is 1. The number of rotatable bonds is 2. The molecule has 0 spiro atoms. The highest BCUT2D eigenvalue weighted by atomic mass is 19.4. The molecule has 1 atom stereocenters. The van der Waals surface area contributed by atoms with Gasteiger partial charge in [0.1, 0.15) is 5.82 Å². The Morgan fingerprint density at radius 2 is 1.96 bits per heavy atom. The van der Waals surface area contributed by atoms with E-state index in [-0.39, 0.29) is 11.5 Å². The van der Waals surface area contributed by atoms with Crippen LogP contribution in [0, 0.1) is 5.82 Å². The van der Waals surface area contributed by atoms with Gasteiger partial charge in [-0.3, -0.25) is 5.21 Å². The van der Waals surface area contributed by atoms with Crippen LogP contribution in [-0.2, 0) is 6.18 Å². The van der Waals surface area contributed by atoms with Crippen molar-refractivity contribution in [2.45, 2.75) is 12.3 Å². The lowest BCUT2D eigenvalue weighted by molar-refractivity contribution is -0.139. The van der Waals surface area contributed by atoms with Gasteiger partial charge >= 0.3 is 6.18 Å². The van der Waals surface area contributed by atoms with E-state index in [1.807, 2.05) is 0 Å². The Balaban J connectivity index is 2.14. The first-order valence-electron chi connectivity index (χ1n) is 6.54. The molecular weight excluding hydrogens is 318 g/mol. The molecule has 0 radical (unpaired) electrons. The molecule has 5 nitrogen and oxygen atoms in total. The van der Waals surface area contributed by atoms with Crippen LogP contribution >= 0.6 is 0 Å². The van der Waals surface area contributed by atoms with Gasteiger partial charge in [0.15, 0.2) is 12.0 Å². The Labute approximate surface area is 128 Å². The molecule has 1 unspecified atom stereocenters. The molecule has 0 fully saturated rings. The van der Waals surface area contributed by atoms with Crippen molar-refractivity contribution in [3.63, 3.8) is 0 Å². The average molecular weight is 329 g/mol. The summed E-state index contributed by atoms with van der Waals surface area (Å²) in [5.41, 5.74) is -1.15. The quantitative estimate of drug-likeness (QED) is 0.830. The van der Waals surface area contributed by atoms with Crippen LogP contribution in [0.25, 0.3) is 0 Å². The standard InChI is InChI=1S/C14H11F4N3O2/c15-10-4-3-8(6-9(10)14(16,17)18)20-11-2-1-5-19-13(11)21(23)12(20)7-22/h1-6,12,22-23H,7H2. The lowest BCUT2D eigenvalue weighted by Gasteiger charge is -2.28. The number of pyridine rings is 1. The van der Waals surface area contributed by atoms with Crippen LogP contribution in [0.3, 0.4) is 0 Å². The molecule has 0 saturated heterocycles. The summed E-state index contributed by atoms with van der Waals surface area (Å²) in [5.74, 6) is -1.31. The Morgan fingerprint density at radius 3 is 2.61 bits per heavy atom. The summed E-state index contributed by atoms with van der Waals surface area (Å²) in [4.78, 5) is 5.19. The molecule has 0 amide bonds. The summed E-state index contributed by atoms with van der Waals surface area (Å²) in [5, 5.41) is 20.1. The van der Waals surface area contributed by atoms with Crippen LogP contribution < -0.4 is 9.96 Å². The number of fused-ring (bicyclic) bond motifs is 1. The smallest absolute Gasteiger partial charge is 0.392 e. The maximum Gasteiger partial charge on any atom is 0.419 e. The lowest BCUT2D eigenvalue weighted by atomic mass is 10.1. The number of aromatic nitrogens is 1. The van der Waals surface area contributed by atoms with E-state index in [0.29, 0.717) is 22.9 Å². The molecule has 122 valence electrons. The molecule has 1 aliphatic heterocycles. The molecule has 1 aromatic carbocycles. The van der Waals surface area contributed by atoms with Gasteiger partial charge in [-0.25, -0.2) is 14.4 Å². The zero-order valence-corrected chi connectivity index (χ0v) is 11.5. The van der Waals surface area contributed by atoms with Gasteiger partial charge in [0.25, 0.3) is 0 Å². The van der Waals surface area contributed by atoms with E-state index < -0.39 is 30.3 Å². The van der Waals surface area contributed by atoms with E-state index in [1.165, 1.54) is 23.2 Å². The molecule has 1 aliphatic rings. The second-order valence-corrected chi connectivity index (χ2v) is 4.89. The molecule has 2 N–H and O–H groups in total. The van der Waals surface area contributed by atoms with Gasteiger partial charge in [-0.05, 0) is 30.3 Å². The minimum absolute atomic E-state index is 0.0245. The summed E-state index contributed by atoms with van der Waals surface area (Å²) >= 11 is 0. The minimum Gasteiger partial charge on any atom is -0.392 e. The zero-order valence-electron chi connectivity index (χ0n) is 11.5. The number of anilines is 3. The highest BCUT2D eigenvalue weighted by molar-refractivity contribution is 5.80. The van der Waals surface area contributed by atoms with Gasteiger partial charge < -0.3 is 10.0 Å². The number of aliphatic hydroxyl groups excluding tert-OH is 1. The van der Waals surface area contributed by atoms with Crippen LogP contribution in [0.15, 0.2) is 36.5 Å². The molecule has 0 bridgehead atoms. The van der Waals surface area contributed by atoms with Crippen LogP contribution in [-0.4, -0.2) is 28.1 Å². The number of alkyl halides is 3. The molecule has 1 aromatic heterocycles. The highest BCUT2D eigenvalue weighted by Gasteiger charge is 2.39. The molecule has 2 aromatic rings. The Morgan fingerprint density at radius 1 is 1.22 bits per heavy atom. The number of hydrogen-bond acceptors (Lipinski definition) is 5. The third-order valence-corrected chi connectivity index (χ3v) is 3.52. The van der Waals surface area contributed by atoms with Gasteiger partial charge in [0.05, 0.1) is 17.9 Å². The molecule has 3 rings (SSSR count). The molecule has 0 aliphatic carbocycles. The van der Waals surface area contributed by atoms with Gasteiger partial charge in [-0.15, -0.1) is 0 Å². The van der Waals surface area contributed by atoms with Crippen molar-refractivity contribution in [1.29, 1.82) is 0 Å². The van der Waals surface area contributed by atoms with E-state index in [0.717, 1.165) is 6.07 Å². The summed E-state index contributed by atoms with van der Waals surface area (Å²) < 4.78 is 52.1. The third-order valence-electron chi connectivity index (χ3n) is 3.52. The van der Waals surface area contributed by atoms with Crippen molar-refractivity contribution in [3.8, 4) is 0 Å². The largest absolute Gasteiger partial charge is 0.419 e. The van der Waals surface area contributed by atoms with Crippen molar-refractivity contribution in [2.24, 2.45) is 0 Å². The molecule has 2 heterocycles. The number of hydroxylamine groups is 1. The minimum atomic E-state index is -4.86. The van der Waals surface area contributed by atoms with E-state index in [1.54, 1.807) is 0 Å². The fraction of sp³-hybridized carbons (Fsp3) is 0.214. The van der Waals surface area contributed by atoms with Crippen LogP contribution in [0.5, 0.6) is 0 Å². The molecular formula is C14H11F4N3O2. The van der Waals surface area contributed by atoms with E-state index >= 15 is 0 Å². The summed E-state index contributed by atoms with van der Waals surface area (Å²) in [6, 6.07) is 5.53. The first-order chi connectivity index (χ1) is 10.8. The number of hydrogen-bond donors (Lipinski definition) is 2. The van der Waals surface area contributed by atoms with E-state index in [4.69, 9.17) is 0 Å². The molecule has 9 heteroatoms. The first-order valence-corrected chi connectivity index (χ1v) is 6.54. The van der Waals surface area contributed by atoms with Gasteiger partial charge in [-0.2, -0.15) is 13.2 Å². The average Bonchev–Trinajstić information content (AvgIpc) is 2.79. The summed E-state index contributed by atoms with van der Waals surface area (Å²) in [7, 11) is 0. The van der Waals surface area contributed by atoms with Crippen molar-refractivity contribution >= 4 is 17.2 Å². The van der Waals surface area contributed by atoms with E-state index in [2.05, 4.69) is 4.98 Å². The summed E-state index contributed by atoms with van der Waals surface area (Å²) in [6.45, 7) is -0.578. The van der Waals surface area contributed by atoms with Crippen LogP contribution in [0.4, 0.5) is 34.8 Å². The Hall–Kier alpha value is -2.39. The fourth-order valence-corrected chi connectivity index (χ4v) is 2.51. The van der Waals surface area contributed by atoms with Crippen LogP contribution in [0.2, 0.25) is 0 Å². The van der Waals surface area contributed by atoms with Crippen molar-refractivity contribution in [2.75, 3.05) is 16.6 Å². The van der Waals surface area contributed by atoms with Gasteiger partial charge in [-0.1, -0.05) is 0 Å². The normalized spacial score (nSPS) is 17.6. The van der Waals surface area contributed by atoms with Crippen molar-refractivity contribution in [3.05, 3.63) is 47.9 Å². The Kier molecular flexibility index (Phi) is 3.61. The topological polar surface area (TPSA) is 59.8 Å². The maximum atomic E-state index is 13.4. The summed E-state index contributed by atoms with van der Waals surface area (Å²) in [6.07, 6.45) is -4.52. The van der Waals surface area contributed by atoms with E-state index in [9.17, 15) is 27.9 Å². The maximum absolute atomic E-state index is 13.4. The monoisotopic (exact) mass is 329 g/mol. The molecule has 0 saturated carbocycles. The third kappa shape index (κ3) is 2.47.